The predicted molar refractivity (Wildman–Crippen MR) is 156 cm³/mol. The highest BCUT2D eigenvalue weighted by Gasteiger charge is 2.41. The molecule has 3 heterocycles. The van der Waals surface area contributed by atoms with E-state index in [4.69, 9.17) is 27.4 Å². The van der Waals surface area contributed by atoms with Crippen LogP contribution in [0.25, 0.3) is 0 Å². The minimum absolute atomic E-state index is 0.0396. The van der Waals surface area contributed by atoms with Gasteiger partial charge >= 0.3 is 10.1 Å². The van der Waals surface area contributed by atoms with Crippen LogP contribution in [-0.4, -0.2) is 47.3 Å². The first-order chi connectivity index (χ1) is 19.5. The van der Waals surface area contributed by atoms with Crippen LogP contribution in [-0.2, 0) is 14.9 Å². The zero-order chi connectivity index (χ0) is 29.3. The normalized spacial score (nSPS) is 17.5. The molecule has 1 aliphatic carbocycles. The largest absolute Gasteiger partial charge is 0.357 e. The molecule has 2 amide bonds. The molecular formula is C27H26Cl2N6O5S. The zero-order valence-corrected chi connectivity index (χ0v) is 24.4. The summed E-state index contributed by atoms with van der Waals surface area (Å²) in [5.74, 6) is -0.698. The Balaban J connectivity index is 1.45. The summed E-state index contributed by atoms with van der Waals surface area (Å²) in [6.45, 7) is 3.64. The van der Waals surface area contributed by atoms with Gasteiger partial charge in [-0.05, 0) is 68.5 Å². The molecule has 2 N–H and O–H groups in total. The molecule has 2 unspecified atom stereocenters. The second-order valence-corrected chi connectivity index (χ2v) is 12.2. The predicted octanol–water partition coefficient (Wildman–Crippen LogP) is 4.56. The molecule has 1 fully saturated rings. The van der Waals surface area contributed by atoms with Crippen molar-refractivity contribution in [3.63, 3.8) is 0 Å². The summed E-state index contributed by atoms with van der Waals surface area (Å²) in [4.78, 5) is 35.1. The molecule has 0 bridgehead atoms. The molecule has 1 aromatic carbocycles. The van der Waals surface area contributed by atoms with E-state index >= 15 is 0 Å². The lowest BCUT2D eigenvalue weighted by atomic mass is 10.1. The van der Waals surface area contributed by atoms with Crippen molar-refractivity contribution >= 4 is 61.7 Å². The number of carbonyl (C=O) groups excluding carboxylic acids is 2. The van der Waals surface area contributed by atoms with Gasteiger partial charge in [0.05, 0.1) is 16.3 Å². The van der Waals surface area contributed by atoms with Crippen LogP contribution < -0.4 is 19.8 Å². The number of nitrogens with one attached hydrogen (secondary N) is 2. The van der Waals surface area contributed by atoms with Gasteiger partial charge in [0.1, 0.15) is 6.04 Å². The zero-order valence-electron chi connectivity index (χ0n) is 22.0. The molecule has 5 rings (SSSR count). The van der Waals surface area contributed by atoms with E-state index in [0.29, 0.717) is 16.5 Å². The van der Waals surface area contributed by atoms with Crippen LogP contribution in [0.2, 0.25) is 10.0 Å². The van der Waals surface area contributed by atoms with E-state index in [2.05, 4.69) is 25.7 Å². The Morgan fingerprint density at radius 2 is 1.85 bits per heavy atom. The van der Waals surface area contributed by atoms with Gasteiger partial charge < -0.3 is 14.8 Å². The molecule has 1 saturated carbocycles. The van der Waals surface area contributed by atoms with Gasteiger partial charge in [-0.15, -0.1) is 0 Å². The maximum atomic E-state index is 13.8. The summed E-state index contributed by atoms with van der Waals surface area (Å²) in [6.07, 6.45) is 4.55. The molecule has 41 heavy (non-hydrogen) atoms. The molecule has 2 aliphatic rings. The average molecular weight is 618 g/mol. The third-order valence-electron chi connectivity index (χ3n) is 6.74. The van der Waals surface area contributed by atoms with E-state index in [9.17, 15) is 18.0 Å². The van der Waals surface area contributed by atoms with Gasteiger partial charge in [-0.1, -0.05) is 29.3 Å². The Hall–Kier alpha value is -3.74. The van der Waals surface area contributed by atoms with Crippen molar-refractivity contribution in [3.05, 3.63) is 76.0 Å². The SMILES string of the molecule is Cc1cc(Cl)cc(C(=O)NC(C)C2CC2)c1NC(=O)C1CC(S(=O)(=O)Oc2ccccn2)=NN1c1ncccc1Cl. The summed E-state index contributed by atoms with van der Waals surface area (Å²) < 4.78 is 31.4. The highest BCUT2D eigenvalue weighted by atomic mass is 35.5. The number of nitrogens with zero attached hydrogens (tertiary/aromatic N) is 4. The van der Waals surface area contributed by atoms with Gasteiger partial charge in [-0.3, -0.25) is 9.59 Å². The van der Waals surface area contributed by atoms with Crippen molar-refractivity contribution in [3.8, 4) is 5.88 Å². The second kappa shape index (κ2) is 11.6. The lowest BCUT2D eigenvalue weighted by Gasteiger charge is -2.24. The molecule has 1 aliphatic heterocycles. The lowest BCUT2D eigenvalue weighted by Crippen LogP contribution is -2.40. The molecule has 2 aromatic heterocycles. The Morgan fingerprint density at radius 1 is 1.10 bits per heavy atom. The summed E-state index contributed by atoms with van der Waals surface area (Å²) in [7, 11) is -4.44. The second-order valence-electron chi connectivity index (χ2n) is 9.81. The molecule has 2 atom stereocenters. The van der Waals surface area contributed by atoms with E-state index in [0.717, 1.165) is 17.9 Å². The Kier molecular flexibility index (Phi) is 8.16. The van der Waals surface area contributed by atoms with Crippen LogP contribution in [0.4, 0.5) is 11.5 Å². The summed E-state index contributed by atoms with van der Waals surface area (Å²) in [5.41, 5.74) is 0.972. The lowest BCUT2D eigenvalue weighted by molar-refractivity contribution is -0.117. The van der Waals surface area contributed by atoms with E-state index in [1.54, 1.807) is 31.2 Å². The number of benzene rings is 1. The molecule has 14 heteroatoms. The Morgan fingerprint density at radius 3 is 2.54 bits per heavy atom. The molecule has 0 radical (unpaired) electrons. The smallest absolute Gasteiger partial charge is 0.356 e. The Labute approximate surface area is 247 Å². The van der Waals surface area contributed by atoms with Crippen molar-refractivity contribution in [2.45, 2.75) is 45.2 Å². The van der Waals surface area contributed by atoms with Gasteiger partial charge in [0.15, 0.2) is 10.9 Å². The van der Waals surface area contributed by atoms with Crippen LogP contribution in [0.1, 0.15) is 42.1 Å². The molecule has 0 saturated heterocycles. The number of aromatic nitrogens is 2. The highest BCUT2D eigenvalue weighted by molar-refractivity contribution is 8.02. The topological polar surface area (TPSA) is 143 Å². The molecule has 3 aromatic rings. The molecule has 214 valence electrons. The molecule has 11 nitrogen and oxygen atoms in total. The van der Waals surface area contributed by atoms with Gasteiger partial charge in [-0.2, -0.15) is 13.5 Å². The van der Waals surface area contributed by atoms with Crippen LogP contribution in [0.3, 0.4) is 0 Å². The first-order valence-corrected chi connectivity index (χ1v) is 14.9. The molecule has 0 spiro atoms. The van der Waals surface area contributed by atoms with E-state index in [1.165, 1.54) is 30.6 Å². The summed E-state index contributed by atoms with van der Waals surface area (Å²) in [6, 6.07) is 9.55. The van der Waals surface area contributed by atoms with Crippen LogP contribution >= 0.6 is 23.2 Å². The first kappa shape index (κ1) is 28.8. The first-order valence-electron chi connectivity index (χ1n) is 12.8. The molecular weight excluding hydrogens is 591 g/mol. The van der Waals surface area contributed by atoms with Crippen LogP contribution in [0, 0.1) is 12.8 Å². The summed E-state index contributed by atoms with van der Waals surface area (Å²) >= 11 is 12.6. The van der Waals surface area contributed by atoms with Crippen molar-refractivity contribution in [1.29, 1.82) is 0 Å². The van der Waals surface area contributed by atoms with E-state index in [1.807, 2.05) is 6.92 Å². The van der Waals surface area contributed by atoms with Gasteiger partial charge in [0, 0.05) is 35.9 Å². The maximum absolute atomic E-state index is 13.8. The number of hydrogen-bond acceptors (Lipinski definition) is 9. The quantitative estimate of drug-likeness (QED) is 0.351. The number of carbonyl (C=O) groups is 2. The number of hydrogen-bond donors (Lipinski definition) is 2. The number of rotatable bonds is 8. The van der Waals surface area contributed by atoms with E-state index < -0.39 is 27.1 Å². The van der Waals surface area contributed by atoms with Gasteiger partial charge in [0.25, 0.3) is 5.91 Å². The number of amides is 2. The Bertz CT molecular complexity index is 1630. The number of anilines is 2. The third kappa shape index (κ3) is 6.45. The number of halogens is 2. The monoisotopic (exact) mass is 616 g/mol. The highest BCUT2D eigenvalue weighted by Crippen LogP contribution is 2.34. The fraction of sp³-hybridized carbons (Fsp3) is 0.296. The average Bonchev–Trinajstić information content (AvgIpc) is 3.68. The summed E-state index contributed by atoms with van der Waals surface area (Å²) in [5, 5.41) is 11.2. The number of hydrazone groups is 1. The van der Waals surface area contributed by atoms with Crippen LogP contribution in [0.15, 0.2) is 60.0 Å². The third-order valence-corrected chi connectivity index (χ3v) is 8.47. The maximum Gasteiger partial charge on any atom is 0.356 e. The minimum Gasteiger partial charge on any atom is -0.357 e. The van der Waals surface area contributed by atoms with Crippen molar-refractivity contribution in [2.75, 3.05) is 10.3 Å². The number of pyridine rings is 2. The fourth-order valence-electron chi connectivity index (χ4n) is 4.43. The van der Waals surface area contributed by atoms with Crippen molar-refractivity contribution < 1.29 is 22.2 Å². The number of aryl methyl sites for hydroxylation is 1. The van der Waals surface area contributed by atoms with E-state index in [-0.39, 0.29) is 46.3 Å². The van der Waals surface area contributed by atoms with Gasteiger partial charge in [0.2, 0.25) is 11.8 Å². The van der Waals surface area contributed by atoms with Crippen molar-refractivity contribution in [2.24, 2.45) is 11.0 Å². The van der Waals surface area contributed by atoms with Crippen LogP contribution in [0.5, 0.6) is 5.88 Å². The fourth-order valence-corrected chi connectivity index (χ4v) is 5.88. The van der Waals surface area contributed by atoms with Crippen molar-refractivity contribution in [1.82, 2.24) is 15.3 Å². The minimum atomic E-state index is -4.44. The standard InChI is InChI=1S/C27H26Cl2N6O5S/c1-15-12-18(28)13-19(26(36)32-16(2)17-8-9-17)24(15)33-27(37)21-14-23(34-35(21)25-20(29)6-5-11-31-25)41(38,39)40-22-7-3-4-10-30-22/h3-7,10-13,16-17,21H,8-9,14H2,1-2H3,(H,32,36)(H,33,37). The van der Waals surface area contributed by atoms with Gasteiger partial charge in [-0.25, -0.2) is 15.0 Å².